The summed E-state index contributed by atoms with van der Waals surface area (Å²) in [6.45, 7) is 0.622. The first-order chi connectivity index (χ1) is 9.01. The lowest BCUT2D eigenvalue weighted by molar-refractivity contribution is -0.141. The second kappa shape index (κ2) is 5.43. The van der Waals surface area contributed by atoms with Crippen molar-refractivity contribution in [2.24, 2.45) is 0 Å². The third-order valence-corrected chi connectivity index (χ3v) is 3.45. The van der Waals surface area contributed by atoms with Crippen molar-refractivity contribution in [3.05, 3.63) is 0 Å². The van der Waals surface area contributed by atoms with E-state index in [1.54, 1.807) is 0 Å². The number of aliphatic carboxylic acids is 1. The molecule has 0 radical (unpaired) electrons. The number of carboxylic acids is 1. The summed E-state index contributed by atoms with van der Waals surface area (Å²) >= 11 is 0. The van der Waals surface area contributed by atoms with E-state index in [1.165, 1.54) is 12.0 Å². The third kappa shape index (κ3) is 2.95. The molecule has 2 saturated heterocycles. The molecule has 2 rings (SSSR count). The minimum Gasteiger partial charge on any atom is -0.480 e. The molecule has 8 heteroatoms. The minimum atomic E-state index is -1.05. The summed E-state index contributed by atoms with van der Waals surface area (Å²) in [6.07, 6.45) is 0.238. The van der Waals surface area contributed by atoms with E-state index >= 15 is 0 Å². The molecule has 2 aliphatic rings. The molecule has 3 unspecified atom stereocenters. The largest absolute Gasteiger partial charge is 0.480 e. The Bertz CT molecular complexity index is 400. The number of amides is 3. The fraction of sp³-hybridized carbons (Fsp3) is 0.727. The number of carbonyl (C=O) groups excluding carboxylic acids is 2. The molecule has 0 spiro atoms. The van der Waals surface area contributed by atoms with E-state index < -0.39 is 18.0 Å². The minimum absolute atomic E-state index is 0.115. The molecular weight excluding hydrogens is 254 g/mol. The molecule has 0 saturated carbocycles. The molecule has 8 nitrogen and oxygen atoms in total. The fourth-order valence-corrected chi connectivity index (χ4v) is 2.39. The Hall–Kier alpha value is -1.83. The first kappa shape index (κ1) is 13.6. The molecule has 0 aliphatic carbocycles. The van der Waals surface area contributed by atoms with Gasteiger partial charge in [-0.25, -0.2) is 9.59 Å². The number of nitrogens with one attached hydrogen (secondary N) is 2. The predicted molar refractivity (Wildman–Crippen MR) is 63.5 cm³/mol. The van der Waals surface area contributed by atoms with Gasteiger partial charge in [0.05, 0.1) is 12.1 Å². The highest BCUT2D eigenvalue weighted by Gasteiger charge is 2.40. The van der Waals surface area contributed by atoms with Crippen LogP contribution in [0.5, 0.6) is 0 Å². The normalized spacial score (nSPS) is 30.3. The highest BCUT2D eigenvalue weighted by Crippen LogP contribution is 2.20. The van der Waals surface area contributed by atoms with Gasteiger partial charge in [0, 0.05) is 33.0 Å². The lowest BCUT2D eigenvalue weighted by Crippen LogP contribution is -2.49. The zero-order chi connectivity index (χ0) is 14.0. The van der Waals surface area contributed by atoms with Crippen molar-refractivity contribution in [3.8, 4) is 0 Å². The number of carboxylic acid groups (broad SMARTS) is 1. The van der Waals surface area contributed by atoms with Crippen LogP contribution in [-0.4, -0.2) is 66.3 Å². The summed E-state index contributed by atoms with van der Waals surface area (Å²) in [7, 11) is 1.49. The summed E-state index contributed by atoms with van der Waals surface area (Å²) in [5.74, 6) is -1.16. The van der Waals surface area contributed by atoms with E-state index in [4.69, 9.17) is 9.84 Å². The zero-order valence-corrected chi connectivity index (χ0v) is 10.6. The van der Waals surface area contributed by atoms with Gasteiger partial charge in [-0.1, -0.05) is 0 Å². The lowest BCUT2D eigenvalue weighted by Gasteiger charge is -2.23. The Morgan fingerprint density at radius 2 is 2.26 bits per heavy atom. The number of urea groups is 1. The van der Waals surface area contributed by atoms with Crippen molar-refractivity contribution in [2.45, 2.75) is 31.0 Å². The van der Waals surface area contributed by atoms with E-state index in [2.05, 4.69) is 10.6 Å². The number of likely N-dealkylation sites (tertiary alicyclic amines) is 1. The maximum Gasteiger partial charge on any atom is 0.326 e. The number of hydrogen-bond donors (Lipinski definition) is 3. The SMILES string of the molecule is COC1CC(C(=O)O)N(C(=O)NC2CNC(=O)C2)C1. The number of carbonyl (C=O) groups is 3. The van der Waals surface area contributed by atoms with Crippen molar-refractivity contribution in [1.82, 2.24) is 15.5 Å². The maximum absolute atomic E-state index is 12.0. The third-order valence-electron chi connectivity index (χ3n) is 3.45. The quantitative estimate of drug-likeness (QED) is 0.595. The molecule has 3 atom stereocenters. The molecule has 3 N–H and O–H groups in total. The second-order valence-corrected chi connectivity index (χ2v) is 4.75. The molecule has 106 valence electrons. The maximum atomic E-state index is 12.0. The number of ether oxygens (including phenoxy) is 1. The van der Waals surface area contributed by atoms with Crippen LogP contribution in [0.1, 0.15) is 12.8 Å². The molecule has 0 bridgehead atoms. The summed E-state index contributed by atoms with van der Waals surface area (Å²) in [6, 6.07) is -1.63. The van der Waals surface area contributed by atoms with Crippen LogP contribution in [0.15, 0.2) is 0 Å². The fourth-order valence-electron chi connectivity index (χ4n) is 2.39. The molecular formula is C11H17N3O5. The second-order valence-electron chi connectivity index (χ2n) is 4.75. The number of rotatable bonds is 3. The van der Waals surface area contributed by atoms with Gasteiger partial charge in [0.15, 0.2) is 0 Å². The van der Waals surface area contributed by atoms with Gasteiger partial charge in [0.1, 0.15) is 6.04 Å². The van der Waals surface area contributed by atoms with Crippen LogP contribution in [-0.2, 0) is 14.3 Å². The van der Waals surface area contributed by atoms with Gasteiger partial charge in [-0.15, -0.1) is 0 Å². The Labute approximate surface area is 110 Å². The number of methoxy groups -OCH3 is 1. The van der Waals surface area contributed by atoms with Gasteiger partial charge in [0.25, 0.3) is 0 Å². The van der Waals surface area contributed by atoms with Crippen molar-refractivity contribution in [2.75, 3.05) is 20.2 Å². The molecule has 0 aromatic heterocycles. The van der Waals surface area contributed by atoms with E-state index in [9.17, 15) is 14.4 Å². The van der Waals surface area contributed by atoms with Crippen LogP contribution in [0.25, 0.3) is 0 Å². The topological polar surface area (TPSA) is 108 Å². The van der Waals surface area contributed by atoms with Gasteiger partial charge >= 0.3 is 12.0 Å². The Morgan fingerprint density at radius 3 is 2.79 bits per heavy atom. The van der Waals surface area contributed by atoms with E-state index in [0.717, 1.165) is 0 Å². The number of nitrogens with zero attached hydrogens (tertiary/aromatic N) is 1. The summed E-state index contributed by atoms with van der Waals surface area (Å²) < 4.78 is 5.11. The Kier molecular flexibility index (Phi) is 3.89. The van der Waals surface area contributed by atoms with Crippen molar-refractivity contribution in [3.63, 3.8) is 0 Å². The highest BCUT2D eigenvalue weighted by molar-refractivity contribution is 5.85. The summed E-state index contributed by atoms with van der Waals surface area (Å²) in [4.78, 5) is 35.5. The standard InChI is InChI=1S/C11H17N3O5/c1-19-7-3-8(10(16)17)14(5-7)11(18)13-6-2-9(15)12-4-6/h6-8H,2-5H2,1H3,(H,12,15)(H,13,18)(H,16,17). The Morgan fingerprint density at radius 1 is 1.53 bits per heavy atom. The van der Waals surface area contributed by atoms with Crippen LogP contribution >= 0.6 is 0 Å². The number of hydrogen-bond acceptors (Lipinski definition) is 4. The smallest absolute Gasteiger partial charge is 0.326 e. The first-order valence-corrected chi connectivity index (χ1v) is 6.10. The zero-order valence-electron chi connectivity index (χ0n) is 10.6. The van der Waals surface area contributed by atoms with Gasteiger partial charge in [-0.05, 0) is 0 Å². The molecule has 2 aliphatic heterocycles. The van der Waals surface area contributed by atoms with Crippen LogP contribution in [0.2, 0.25) is 0 Å². The average molecular weight is 271 g/mol. The molecule has 0 aromatic rings. The monoisotopic (exact) mass is 271 g/mol. The molecule has 19 heavy (non-hydrogen) atoms. The van der Waals surface area contributed by atoms with Gasteiger partial charge in [-0.3, -0.25) is 4.79 Å². The summed E-state index contributed by atoms with van der Waals surface area (Å²) in [5.41, 5.74) is 0. The van der Waals surface area contributed by atoms with Crippen LogP contribution in [0.4, 0.5) is 4.79 Å². The van der Waals surface area contributed by atoms with E-state index in [-0.39, 0.29) is 37.4 Å². The van der Waals surface area contributed by atoms with Crippen LogP contribution in [0, 0.1) is 0 Å². The van der Waals surface area contributed by atoms with Gasteiger partial charge in [0.2, 0.25) is 5.91 Å². The first-order valence-electron chi connectivity index (χ1n) is 6.10. The van der Waals surface area contributed by atoms with Crippen molar-refractivity contribution >= 4 is 17.9 Å². The van der Waals surface area contributed by atoms with Crippen LogP contribution in [0.3, 0.4) is 0 Å². The van der Waals surface area contributed by atoms with Gasteiger partial charge in [-0.2, -0.15) is 0 Å². The van der Waals surface area contributed by atoms with E-state index in [0.29, 0.717) is 6.54 Å². The highest BCUT2D eigenvalue weighted by atomic mass is 16.5. The van der Waals surface area contributed by atoms with Crippen molar-refractivity contribution < 1.29 is 24.2 Å². The molecule has 0 aromatic carbocycles. The lowest BCUT2D eigenvalue weighted by atomic mass is 10.2. The Balaban J connectivity index is 1.96. The molecule has 3 amide bonds. The average Bonchev–Trinajstić information content (AvgIpc) is 2.95. The van der Waals surface area contributed by atoms with Crippen LogP contribution < -0.4 is 10.6 Å². The molecule has 2 heterocycles. The predicted octanol–water partition coefficient (Wildman–Crippen LogP) is -1.24. The van der Waals surface area contributed by atoms with E-state index in [1.807, 2.05) is 0 Å². The van der Waals surface area contributed by atoms with Crippen molar-refractivity contribution in [1.29, 1.82) is 0 Å². The summed E-state index contributed by atoms with van der Waals surface area (Å²) in [5, 5.41) is 14.4. The molecule has 2 fully saturated rings. The van der Waals surface area contributed by atoms with Gasteiger partial charge < -0.3 is 25.4 Å².